The zero-order chi connectivity index (χ0) is 27.1. The van der Waals surface area contributed by atoms with E-state index in [1.165, 1.54) is 12.1 Å². The topological polar surface area (TPSA) is 18.5 Å². The second kappa shape index (κ2) is 13.5. The molecule has 0 saturated heterocycles. The van der Waals surface area contributed by atoms with Crippen LogP contribution < -0.4 is 4.74 Å². The normalized spacial score (nSPS) is 21.7. The quantitative estimate of drug-likeness (QED) is 0.164. The maximum atomic E-state index is 15.2. The van der Waals surface area contributed by atoms with Gasteiger partial charge in [-0.05, 0) is 98.5 Å². The summed E-state index contributed by atoms with van der Waals surface area (Å²) in [4.78, 5) is 0. The molecule has 0 bridgehead atoms. The van der Waals surface area contributed by atoms with Gasteiger partial charge in [0.05, 0.1) is 12.7 Å². The number of hydrogen-bond acceptors (Lipinski definition) is 2. The molecule has 1 unspecified atom stereocenters. The van der Waals surface area contributed by atoms with Crippen LogP contribution in [-0.2, 0) is 4.74 Å². The van der Waals surface area contributed by atoms with E-state index < -0.39 is 23.3 Å². The third-order valence-electron chi connectivity index (χ3n) is 7.93. The molecule has 1 atom stereocenters. The van der Waals surface area contributed by atoms with Crippen LogP contribution in [-0.4, -0.2) is 19.3 Å². The van der Waals surface area contributed by atoms with Crippen LogP contribution in [0.2, 0.25) is 0 Å². The lowest BCUT2D eigenvalue weighted by Gasteiger charge is -2.30. The first kappa shape index (κ1) is 28.4. The van der Waals surface area contributed by atoms with Crippen LogP contribution in [0, 0.1) is 23.3 Å². The van der Waals surface area contributed by atoms with Crippen molar-refractivity contribution in [2.24, 2.45) is 0 Å². The molecule has 1 fully saturated rings. The molecule has 1 saturated carbocycles. The standard InChI is InChI=1S/C32H38F4O2/c1-3-5-19-37-24-13-11-23(12-14-24)26-16-15-25(29(33)30(26)34)21-7-9-22(10-8-21)27-17-18-28(32(36)31(27)35)38-20-6-4-2/h4,9,15-18,21,23-24H,2-3,5-8,10-14,19-20H2,1H3. The van der Waals surface area contributed by atoms with Gasteiger partial charge < -0.3 is 9.47 Å². The highest BCUT2D eigenvalue weighted by Gasteiger charge is 2.29. The van der Waals surface area contributed by atoms with Crippen molar-refractivity contribution >= 4 is 5.57 Å². The summed E-state index contributed by atoms with van der Waals surface area (Å²) in [6, 6.07) is 6.42. The van der Waals surface area contributed by atoms with Gasteiger partial charge in [-0.25, -0.2) is 13.2 Å². The lowest BCUT2D eigenvalue weighted by atomic mass is 9.79. The largest absolute Gasteiger partial charge is 0.490 e. The summed E-state index contributed by atoms with van der Waals surface area (Å²) >= 11 is 0. The third-order valence-corrected chi connectivity index (χ3v) is 7.93. The Hall–Kier alpha value is -2.60. The van der Waals surface area contributed by atoms with Crippen LogP contribution >= 0.6 is 0 Å². The zero-order valence-corrected chi connectivity index (χ0v) is 22.2. The van der Waals surface area contributed by atoms with Gasteiger partial charge in [-0.1, -0.05) is 37.6 Å². The summed E-state index contributed by atoms with van der Waals surface area (Å²) in [5, 5.41) is 0. The summed E-state index contributed by atoms with van der Waals surface area (Å²) in [5.41, 5.74) is 1.67. The molecule has 0 spiro atoms. The smallest absolute Gasteiger partial charge is 0.201 e. The average molecular weight is 531 g/mol. The number of unbranched alkanes of at least 4 members (excludes halogenated alkanes) is 1. The lowest BCUT2D eigenvalue weighted by Crippen LogP contribution is -2.22. The Bertz CT molecular complexity index is 1130. The Kier molecular flexibility index (Phi) is 10.1. The van der Waals surface area contributed by atoms with Crippen LogP contribution in [0.25, 0.3) is 5.57 Å². The first-order chi connectivity index (χ1) is 18.4. The third kappa shape index (κ3) is 6.51. The predicted molar refractivity (Wildman–Crippen MR) is 143 cm³/mol. The molecular weight excluding hydrogens is 492 g/mol. The van der Waals surface area contributed by atoms with E-state index in [0.717, 1.165) is 45.1 Å². The molecule has 6 heteroatoms. The first-order valence-corrected chi connectivity index (χ1v) is 13.9. The van der Waals surface area contributed by atoms with Crippen molar-refractivity contribution in [3.63, 3.8) is 0 Å². The fourth-order valence-corrected chi connectivity index (χ4v) is 5.65. The molecular formula is C32H38F4O2. The van der Waals surface area contributed by atoms with Crippen LogP contribution in [0.1, 0.15) is 99.7 Å². The van der Waals surface area contributed by atoms with Crippen molar-refractivity contribution in [1.29, 1.82) is 0 Å². The molecule has 206 valence electrons. The monoisotopic (exact) mass is 530 g/mol. The molecule has 4 rings (SSSR count). The van der Waals surface area contributed by atoms with E-state index >= 15 is 8.78 Å². The molecule has 0 heterocycles. The van der Waals surface area contributed by atoms with E-state index in [9.17, 15) is 8.78 Å². The van der Waals surface area contributed by atoms with Crippen molar-refractivity contribution in [2.75, 3.05) is 13.2 Å². The van der Waals surface area contributed by atoms with Crippen molar-refractivity contribution < 1.29 is 27.0 Å². The van der Waals surface area contributed by atoms with Gasteiger partial charge in [-0.3, -0.25) is 0 Å². The van der Waals surface area contributed by atoms with Crippen LogP contribution in [0.15, 0.2) is 43.0 Å². The fourth-order valence-electron chi connectivity index (χ4n) is 5.65. The van der Waals surface area contributed by atoms with E-state index in [2.05, 4.69) is 13.5 Å². The Morgan fingerprint density at radius 3 is 2.18 bits per heavy atom. The van der Waals surface area contributed by atoms with E-state index in [1.54, 1.807) is 18.2 Å². The molecule has 2 aromatic rings. The lowest BCUT2D eigenvalue weighted by molar-refractivity contribution is 0.0230. The average Bonchev–Trinajstić information content (AvgIpc) is 2.94. The zero-order valence-electron chi connectivity index (χ0n) is 22.2. The Morgan fingerprint density at radius 2 is 1.55 bits per heavy atom. The van der Waals surface area contributed by atoms with Gasteiger partial charge in [0.25, 0.3) is 0 Å². The van der Waals surface area contributed by atoms with Gasteiger partial charge in [-0.2, -0.15) is 4.39 Å². The summed E-state index contributed by atoms with van der Waals surface area (Å²) in [6.07, 6.45) is 11.1. The number of benzene rings is 2. The molecule has 2 nitrogen and oxygen atoms in total. The van der Waals surface area contributed by atoms with Crippen LogP contribution in [0.5, 0.6) is 5.75 Å². The second-order valence-electron chi connectivity index (χ2n) is 10.4. The van der Waals surface area contributed by atoms with Gasteiger partial charge in [-0.15, -0.1) is 6.58 Å². The van der Waals surface area contributed by atoms with Gasteiger partial charge in [0.2, 0.25) is 5.82 Å². The minimum absolute atomic E-state index is 0.00373. The van der Waals surface area contributed by atoms with Gasteiger partial charge in [0.1, 0.15) is 0 Å². The van der Waals surface area contributed by atoms with Crippen molar-refractivity contribution in [2.45, 2.75) is 89.1 Å². The number of rotatable bonds is 11. The Balaban J connectivity index is 1.40. The number of ether oxygens (including phenoxy) is 2. The molecule has 0 amide bonds. The summed E-state index contributed by atoms with van der Waals surface area (Å²) < 4.78 is 70.9. The maximum Gasteiger partial charge on any atom is 0.201 e. The van der Waals surface area contributed by atoms with Gasteiger partial charge in [0.15, 0.2) is 23.2 Å². The minimum Gasteiger partial charge on any atom is -0.490 e. The summed E-state index contributed by atoms with van der Waals surface area (Å²) in [6.45, 7) is 6.69. The highest BCUT2D eigenvalue weighted by Crippen LogP contribution is 2.41. The van der Waals surface area contributed by atoms with E-state index in [1.807, 2.05) is 6.08 Å². The molecule has 2 aliphatic carbocycles. The number of hydrogen-bond donors (Lipinski definition) is 0. The van der Waals surface area contributed by atoms with Crippen molar-refractivity contribution in [1.82, 2.24) is 0 Å². The number of halogens is 4. The summed E-state index contributed by atoms with van der Waals surface area (Å²) in [5.74, 6) is -3.81. The molecule has 2 aromatic carbocycles. The maximum absolute atomic E-state index is 15.2. The fraction of sp³-hybridized carbons (Fsp3) is 0.500. The molecule has 38 heavy (non-hydrogen) atoms. The van der Waals surface area contributed by atoms with Crippen molar-refractivity contribution in [3.8, 4) is 5.75 Å². The van der Waals surface area contributed by atoms with E-state index in [0.29, 0.717) is 42.4 Å². The minimum atomic E-state index is -1.01. The highest BCUT2D eigenvalue weighted by atomic mass is 19.2. The molecule has 0 radical (unpaired) electrons. The predicted octanol–water partition coefficient (Wildman–Crippen LogP) is 9.39. The van der Waals surface area contributed by atoms with Crippen molar-refractivity contribution in [3.05, 3.63) is 83.0 Å². The SMILES string of the molecule is C=CCCOc1ccc(C2=CCC(c3ccc(C4CCC(OCCCC)CC4)c(F)c3F)CC2)c(F)c1F. The van der Waals surface area contributed by atoms with Gasteiger partial charge >= 0.3 is 0 Å². The van der Waals surface area contributed by atoms with Crippen LogP contribution in [0.3, 0.4) is 0 Å². The van der Waals surface area contributed by atoms with Crippen LogP contribution in [0.4, 0.5) is 17.6 Å². The van der Waals surface area contributed by atoms with E-state index in [4.69, 9.17) is 9.47 Å². The van der Waals surface area contributed by atoms with E-state index in [-0.39, 0.29) is 35.9 Å². The second-order valence-corrected chi connectivity index (χ2v) is 10.4. The first-order valence-electron chi connectivity index (χ1n) is 13.9. The Morgan fingerprint density at radius 1 is 0.842 bits per heavy atom. The molecule has 2 aliphatic rings. The molecule has 0 aliphatic heterocycles. The Labute approximate surface area is 223 Å². The highest BCUT2D eigenvalue weighted by molar-refractivity contribution is 5.68. The van der Waals surface area contributed by atoms with Gasteiger partial charge in [0, 0.05) is 12.2 Å². The molecule has 0 aromatic heterocycles. The summed E-state index contributed by atoms with van der Waals surface area (Å²) in [7, 11) is 0. The number of allylic oxidation sites excluding steroid dienone is 2. The molecule has 0 N–H and O–H groups in total.